The van der Waals surface area contributed by atoms with Gasteiger partial charge in [0.1, 0.15) is 5.82 Å². The summed E-state index contributed by atoms with van der Waals surface area (Å²) in [6.07, 6.45) is 0. The average Bonchev–Trinajstić information content (AvgIpc) is 3.03. The van der Waals surface area contributed by atoms with Crippen molar-refractivity contribution < 1.29 is 23.0 Å². The molecular weight excluding hydrogens is 344 g/mol. The number of rotatable bonds is 6. The number of para-hydroxylation sites is 3. The number of alkyl halides is 2. The maximum Gasteiger partial charge on any atom is 0.387 e. The zero-order chi connectivity index (χ0) is 18.7. The number of carbonyl (C=O) groups excluding carboxylic acids is 1. The average molecular weight is 361 g/mol. The number of H-pyrrole nitrogens is 1. The molecule has 0 aliphatic carbocycles. The van der Waals surface area contributed by atoms with Crippen molar-refractivity contribution in [2.45, 2.75) is 13.2 Å². The van der Waals surface area contributed by atoms with Crippen molar-refractivity contribution in [3.05, 3.63) is 53.9 Å². The standard InChI is InChI=1S/C18H17F2N3O3/c1-23(10-15-21-12-7-3-4-8-13(12)22-15)17(24)11-6-5-9-14(25-2)16(11)26-18(19)20/h3-9,18H,10H2,1-2H3,(H,21,22). The molecule has 6 nitrogen and oxygen atoms in total. The van der Waals surface area contributed by atoms with Crippen LogP contribution in [0.3, 0.4) is 0 Å². The zero-order valence-electron chi connectivity index (χ0n) is 14.2. The maximum absolute atomic E-state index is 12.7. The Morgan fingerprint density at radius 3 is 2.69 bits per heavy atom. The third-order valence-electron chi connectivity index (χ3n) is 3.81. The van der Waals surface area contributed by atoms with E-state index in [2.05, 4.69) is 14.7 Å². The highest BCUT2D eigenvalue weighted by atomic mass is 19.3. The SMILES string of the molecule is COc1cccc(C(=O)N(C)Cc2nc3ccccc3[nH]2)c1OC(F)F. The minimum atomic E-state index is -3.07. The van der Waals surface area contributed by atoms with E-state index in [0.717, 1.165) is 11.0 Å². The molecule has 1 amide bonds. The van der Waals surface area contributed by atoms with E-state index in [1.807, 2.05) is 24.3 Å². The van der Waals surface area contributed by atoms with E-state index in [-0.39, 0.29) is 23.6 Å². The number of carbonyl (C=O) groups is 1. The molecule has 0 fully saturated rings. The highest BCUT2D eigenvalue weighted by molar-refractivity contribution is 5.97. The number of benzene rings is 2. The summed E-state index contributed by atoms with van der Waals surface area (Å²) >= 11 is 0. The molecule has 0 bridgehead atoms. The van der Waals surface area contributed by atoms with E-state index in [4.69, 9.17) is 4.74 Å². The van der Waals surface area contributed by atoms with Crippen LogP contribution >= 0.6 is 0 Å². The summed E-state index contributed by atoms with van der Waals surface area (Å²) in [7, 11) is 2.88. The number of hydrogen-bond acceptors (Lipinski definition) is 4. The van der Waals surface area contributed by atoms with Gasteiger partial charge in [0.05, 0.1) is 30.3 Å². The van der Waals surface area contributed by atoms with Crippen molar-refractivity contribution in [3.63, 3.8) is 0 Å². The molecule has 0 saturated carbocycles. The number of aromatic nitrogens is 2. The van der Waals surface area contributed by atoms with Crippen LogP contribution in [0.4, 0.5) is 8.78 Å². The molecule has 1 N–H and O–H groups in total. The van der Waals surface area contributed by atoms with Gasteiger partial charge >= 0.3 is 6.61 Å². The molecule has 0 aliphatic rings. The van der Waals surface area contributed by atoms with Crippen LogP contribution in [0.15, 0.2) is 42.5 Å². The van der Waals surface area contributed by atoms with Crippen molar-refractivity contribution in [1.29, 1.82) is 0 Å². The van der Waals surface area contributed by atoms with Gasteiger partial charge in [-0.1, -0.05) is 18.2 Å². The predicted molar refractivity (Wildman–Crippen MR) is 91.5 cm³/mol. The van der Waals surface area contributed by atoms with E-state index in [1.54, 1.807) is 13.1 Å². The van der Waals surface area contributed by atoms with Crippen LogP contribution < -0.4 is 9.47 Å². The fraction of sp³-hybridized carbons (Fsp3) is 0.222. The first-order chi connectivity index (χ1) is 12.5. The number of ether oxygens (including phenoxy) is 2. The Bertz CT molecular complexity index is 894. The Balaban J connectivity index is 1.86. The number of imidazole rings is 1. The molecule has 0 radical (unpaired) electrons. The number of methoxy groups -OCH3 is 1. The smallest absolute Gasteiger partial charge is 0.387 e. The topological polar surface area (TPSA) is 67.5 Å². The molecule has 0 saturated heterocycles. The van der Waals surface area contributed by atoms with Crippen LogP contribution in [-0.4, -0.2) is 41.5 Å². The molecule has 1 aromatic heterocycles. The van der Waals surface area contributed by atoms with Crippen LogP contribution in [0.25, 0.3) is 11.0 Å². The van der Waals surface area contributed by atoms with Crippen LogP contribution in [0.5, 0.6) is 11.5 Å². The van der Waals surface area contributed by atoms with Gasteiger partial charge in [0.15, 0.2) is 11.5 Å². The summed E-state index contributed by atoms with van der Waals surface area (Å²) < 4.78 is 35.0. The van der Waals surface area contributed by atoms with E-state index in [1.165, 1.54) is 24.1 Å². The summed E-state index contributed by atoms with van der Waals surface area (Å²) in [6.45, 7) is -2.89. The van der Waals surface area contributed by atoms with Crippen LogP contribution in [-0.2, 0) is 6.54 Å². The third-order valence-corrected chi connectivity index (χ3v) is 3.81. The minimum Gasteiger partial charge on any atom is -0.493 e. The van der Waals surface area contributed by atoms with Gasteiger partial charge in [0, 0.05) is 7.05 Å². The first-order valence-electron chi connectivity index (χ1n) is 7.80. The summed E-state index contributed by atoms with van der Waals surface area (Å²) in [6, 6.07) is 11.9. The van der Waals surface area contributed by atoms with Crippen molar-refractivity contribution in [3.8, 4) is 11.5 Å². The number of hydrogen-bond donors (Lipinski definition) is 1. The second-order valence-electron chi connectivity index (χ2n) is 5.58. The number of aromatic amines is 1. The summed E-state index contributed by atoms with van der Waals surface area (Å²) in [5.74, 6) is -0.124. The maximum atomic E-state index is 12.7. The third kappa shape index (κ3) is 3.58. The highest BCUT2D eigenvalue weighted by Crippen LogP contribution is 2.33. The van der Waals surface area contributed by atoms with Gasteiger partial charge in [0.25, 0.3) is 5.91 Å². The lowest BCUT2D eigenvalue weighted by molar-refractivity contribution is -0.0516. The van der Waals surface area contributed by atoms with Crippen LogP contribution in [0, 0.1) is 0 Å². The lowest BCUT2D eigenvalue weighted by atomic mass is 10.1. The van der Waals surface area contributed by atoms with Gasteiger partial charge in [-0.2, -0.15) is 8.78 Å². The Hall–Kier alpha value is -3.16. The van der Waals surface area contributed by atoms with Gasteiger partial charge < -0.3 is 19.4 Å². The Kier molecular flexibility index (Phi) is 5.01. The molecule has 8 heteroatoms. The van der Waals surface area contributed by atoms with E-state index < -0.39 is 12.5 Å². The van der Waals surface area contributed by atoms with Crippen molar-refractivity contribution >= 4 is 16.9 Å². The molecule has 0 unspecified atom stereocenters. The lowest BCUT2D eigenvalue weighted by Gasteiger charge is -2.19. The Labute approximate surface area is 148 Å². The molecule has 136 valence electrons. The molecule has 0 spiro atoms. The molecule has 0 atom stereocenters. The highest BCUT2D eigenvalue weighted by Gasteiger charge is 2.23. The number of nitrogens with one attached hydrogen (secondary N) is 1. The van der Waals surface area contributed by atoms with Gasteiger partial charge in [-0.05, 0) is 24.3 Å². The lowest BCUT2D eigenvalue weighted by Crippen LogP contribution is -2.27. The minimum absolute atomic E-state index is 0.0109. The number of fused-ring (bicyclic) bond motifs is 1. The molecule has 26 heavy (non-hydrogen) atoms. The predicted octanol–water partition coefficient (Wildman–Crippen LogP) is 3.45. The first kappa shape index (κ1) is 17.7. The quantitative estimate of drug-likeness (QED) is 0.730. The van der Waals surface area contributed by atoms with Crippen LogP contribution in [0.2, 0.25) is 0 Å². The second kappa shape index (κ2) is 7.38. The fourth-order valence-corrected chi connectivity index (χ4v) is 2.64. The molecular formula is C18H17F2N3O3. The molecule has 3 aromatic rings. The van der Waals surface area contributed by atoms with Crippen LogP contribution in [0.1, 0.15) is 16.2 Å². The van der Waals surface area contributed by atoms with Crippen molar-refractivity contribution in [1.82, 2.24) is 14.9 Å². The van der Waals surface area contributed by atoms with E-state index in [9.17, 15) is 13.6 Å². The monoisotopic (exact) mass is 361 g/mol. The van der Waals surface area contributed by atoms with E-state index in [0.29, 0.717) is 5.82 Å². The molecule has 0 aliphatic heterocycles. The largest absolute Gasteiger partial charge is 0.493 e. The van der Waals surface area contributed by atoms with Crippen molar-refractivity contribution in [2.75, 3.05) is 14.2 Å². The second-order valence-corrected chi connectivity index (χ2v) is 5.58. The summed E-state index contributed by atoms with van der Waals surface area (Å²) in [5.41, 5.74) is 1.63. The van der Waals surface area contributed by atoms with Gasteiger partial charge in [-0.25, -0.2) is 4.98 Å². The van der Waals surface area contributed by atoms with Gasteiger partial charge in [0.2, 0.25) is 0 Å². The zero-order valence-corrected chi connectivity index (χ0v) is 14.2. The first-order valence-corrected chi connectivity index (χ1v) is 7.80. The number of amides is 1. The molecule has 3 rings (SSSR count). The summed E-state index contributed by atoms with van der Waals surface area (Å²) in [5, 5.41) is 0. The molecule has 1 heterocycles. The normalized spacial score (nSPS) is 11.0. The van der Waals surface area contributed by atoms with Crippen molar-refractivity contribution in [2.24, 2.45) is 0 Å². The fourth-order valence-electron chi connectivity index (χ4n) is 2.64. The number of nitrogens with zero attached hydrogens (tertiary/aromatic N) is 2. The van der Waals surface area contributed by atoms with E-state index >= 15 is 0 Å². The van der Waals surface area contributed by atoms with Gasteiger partial charge in [-0.3, -0.25) is 4.79 Å². The van der Waals surface area contributed by atoms with Gasteiger partial charge in [-0.15, -0.1) is 0 Å². The molecule has 2 aromatic carbocycles. The summed E-state index contributed by atoms with van der Waals surface area (Å²) in [4.78, 5) is 21.6. The number of halogens is 2. The Morgan fingerprint density at radius 2 is 2.00 bits per heavy atom. The Morgan fingerprint density at radius 1 is 1.23 bits per heavy atom.